The Labute approximate surface area is 118 Å². The van der Waals surface area contributed by atoms with Crippen LogP contribution < -0.4 is 4.72 Å². The van der Waals surface area contributed by atoms with Crippen molar-refractivity contribution in [3.8, 4) is 0 Å². The number of carbonyl (C=O) groups excluding carboxylic acids is 1. The number of alkyl halides is 3. The molecule has 1 aromatic rings. The van der Waals surface area contributed by atoms with E-state index < -0.39 is 44.3 Å². The minimum atomic E-state index is -5.05. The van der Waals surface area contributed by atoms with E-state index >= 15 is 0 Å². The molecule has 1 aromatic carbocycles. The van der Waals surface area contributed by atoms with E-state index in [0.717, 1.165) is 0 Å². The van der Waals surface area contributed by atoms with Crippen molar-refractivity contribution < 1.29 is 30.8 Å². The van der Waals surface area contributed by atoms with Crippen LogP contribution in [-0.2, 0) is 21.0 Å². The second-order valence-corrected chi connectivity index (χ2v) is 6.58. The van der Waals surface area contributed by atoms with Gasteiger partial charge in [-0.1, -0.05) is 6.92 Å². The molecule has 1 fully saturated rings. The average molecular weight is 325 g/mol. The van der Waals surface area contributed by atoms with Crippen LogP contribution in [0, 0.1) is 17.7 Å². The van der Waals surface area contributed by atoms with Crippen LogP contribution in [0.4, 0.5) is 17.6 Å². The summed E-state index contributed by atoms with van der Waals surface area (Å²) in [5, 5.41) is 0. The summed E-state index contributed by atoms with van der Waals surface area (Å²) in [5.41, 5.74) is -1.65. The Balaban J connectivity index is 2.38. The lowest BCUT2D eigenvalue weighted by atomic mass is 10.2. The van der Waals surface area contributed by atoms with Gasteiger partial charge in [0.2, 0.25) is 5.91 Å². The van der Waals surface area contributed by atoms with Crippen molar-refractivity contribution in [2.75, 3.05) is 0 Å². The molecule has 21 heavy (non-hydrogen) atoms. The number of sulfonamides is 1. The number of benzene rings is 1. The van der Waals surface area contributed by atoms with E-state index in [-0.39, 0.29) is 12.0 Å². The molecule has 2 rings (SSSR count). The lowest BCUT2D eigenvalue weighted by Crippen LogP contribution is -2.33. The molecular formula is C12H11F4NO3S. The van der Waals surface area contributed by atoms with Crippen molar-refractivity contribution in [3.05, 3.63) is 29.6 Å². The molecule has 2 atom stereocenters. The Kier molecular flexibility index (Phi) is 3.73. The van der Waals surface area contributed by atoms with Crippen molar-refractivity contribution in [1.29, 1.82) is 0 Å². The molecule has 0 aliphatic heterocycles. The molecule has 0 unspecified atom stereocenters. The number of hydrogen-bond donors (Lipinski definition) is 1. The molecule has 1 saturated carbocycles. The third kappa shape index (κ3) is 3.34. The Morgan fingerprint density at radius 3 is 2.38 bits per heavy atom. The van der Waals surface area contributed by atoms with Crippen molar-refractivity contribution >= 4 is 15.9 Å². The van der Waals surface area contributed by atoms with Gasteiger partial charge in [0.25, 0.3) is 10.0 Å². The minimum Gasteiger partial charge on any atom is -0.274 e. The smallest absolute Gasteiger partial charge is 0.274 e. The highest BCUT2D eigenvalue weighted by Gasteiger charge is 2.42. The van der Waals surface area contributed by atoms with Crippen LogP contribution >= 0.6 is 0 Å². The summed E-state index contributed by atoms with van der Waals surface area (Å²) in [5.74, 6) is -2.59. The topological polar surface area (TPSA) is 63.2 Å². The molecule has 1 aliphatic carbocycles. The predicted octanol–water partition coefficient (Wildman–Crippen LogP) is 2.31. The molecule has 1 aliphatic rings. The van der Waals surface area contributed by atoms with Crippen molar-refractivity contribution in [3.63, 3.8) is 0 Å². The Morgan fingerprint density at radius 1 is 1.33 bits per heavy atom. The number of amides is 1. The molecule has 0 aromatic heterocycles. The number of nitrogens with one attached hydrogen (secondary N) is 1. The van der Waals surface area contributed by atoms with Gasteiger partial charge in [0.05, 0.1) is 10.5 Å². The third-order valence-corrected chi connectivity index (χ3v) is 4.62. The summed E-state index contributed by atoms with van der Waals surface area (Å²) in [6.07, 6.45) is -4.57. The molecule has 0 radical (unpaired) electrons. The fourth-order valence-corrected chi connectivity index (χ4v) is 3.15. The second-order valence-electron chi connectivity index (χ2n) is 4.93. The van der Waals surface area contributed by atoms with Gasteiger partial charge >= 0.3 is 6.18 Å². The summed E-state index contributed by atoms with van der Waals surface area (Å²) >= 11 is 0. The normalized spacial score (nSPS) is 22.0. The summed E-state index contributed by atoms with van der Waals surface area (Å²) in [4.78, 5) is 10.4. The highest BCUT2D eigenvalue weighted by molar-refractivity contribution is 7.90. The van der Waals surface area contributed by atoms with Crippen molar-refractivity contribution in [1.82, 2.24) is 4.72 Å². The van der Waals surface area contributed by atoms with Crippen LogP contribution in [0.15, 0.2) is 23.1 Å². The zero-order chi connectivity index (χ0) is 16.0. The molecule has 0 spiro atoms. The fraction of sp³-hybridized carbons (Fsp3) is 0.417. The van der Waals surface area contributed by atoms with Gasteiger partial charge in [-0.2, -0.15) is 13.2 Å². The van der Waals surface area contributed by atoms with Gasteiger partial charge in [-0.15, -0.1) is 0 Å². The number of hydrogen-bond acceptors (Lipinski definition) is 3. The van der Waals surface area contributed by atoms with Crippen LogP contribution in [0.1, 0.15) is 18.9 Å². The molecule has 1 amide bonds. The van der Waals surface area contributed by atoms with Crippen LogP contribution in [0.25, 0.3) is 0 Å². The number of carbonyl (C=O) groups is 1. The lowest BCUT2D eigenvalue weighted by Gasteiger charge is -2.14. The largest absolute Gasteiger partial charge is 0.417 e. The third-order valence-electron chi connectivity index (χ3n) is 3.22. The van der Waals surface area contributed by atoms with Crippen LogP contribution in [-0.4, -0.2) is 14.3 Å². The summed E-state index contributed by atoms with van der Waals surface area (Å²) in [6, 6.07) is 1.16. The monoisotopic (exact) mass is 325 g/mol. The van der Waals surface area contributed by atoms with Crippen molar-refractivity contribution in [2.45, 2.75) is 24.4 Å². The van der Waals surface area contributed by atoms with Gasteiger partial charge in [-0.05, 0) is 30.5 Å². The zero-order valence-electron chi connectivity index (χ0n) is 10.7. The summed E-state index contributed by atoms with van der Waals surface area (Å²) in [7, 11) is -4.70. The molecule has 116 valence electrons. The van der Waals surface area contributed by atoms with E-state index in [9.17, 15) is 30.8 Å². The molecule has 4 nitrogen and oxygen atoms in total. The number of halogens is 4. The van der Waals surface area contributed by atoms with Gasteiger partial charge in [0.1, 0.15) is 5.82 Å². The van der Waals surface area contributed by atoms with Gasteiger partial charge in [-0.3, -0.25) is 4.79 Å². The van der Waals surface area contributed by atoms with Gasteiger partial charge < -0.3 is 0 Å². The first-order valence-electron chi connectivity index (χ1n) is 5.96. The van der Waals surface area contributed by atoms with Gasteiger partial charge in [0.15, 0.2) is 0 Å². The summed E-state index contributed by atoms with van der Waals surface area (Å²) in [6.45, 7) is 1.72. The minimum absolute atomic E-state index is 0.00416. The Hall–Kier alpha value is -1.64. The standard InChI is InChI=1S/C12H11F4NO3S/c1-6-4-8(6)11(18)17-21(19,20)10-3-2-7(13)5-9(10)12(14,15)16/h2-3,5-6,8H,4H2,1H3,(H,17,18)/t6-,8-/m0/s1. The predicted molar refractivity (Wildman–Crippen MR) is 64.0 cm³/mol. The molecule has 0 heterocycles. The van der Waals surface area contributed by atoms with Gasteiger partial charge in [0, 0.05) is 5.92 Å². The molecule has 0 saturated heterocycles. The molecule has 9 heteroatoms. The van der Waals surface area contributed by atoms with Crippen LogP contribution in [0.2, 0.25) is 0 Å². The maximum absolute atomic E-state index is 12.9. The first-order valence-corrected chi connectivity index (χ1v) is 7.44. The highest BCUT2D eigenvalue weighted by atomic mass is 32.2. The fourth-order valence-electron chi connectivity index (χ4n) is 1.91. The zero-order valence-corrected chi connectivity index (χ0v) is 11.6. The van der Waals surface area contributed by atoms with E-state index in [1.54, 1.807) is 11.6 Å². The SMILES string of the molecule is C[C@H]1C[C@@H]1C(=O)NS(=O)(=O)c1ccc(F)cc1C(F)(F)F. The lowest BCUT2D eigenvalue weighted by molar-refractivity contribution is -0.140. The average Bonchev–Trinajstić information content (AvgIpc) is 3.04. The Morgan fingerprint density at radius 2 is 1.90 bits per heavy atom. The van der Waals surface area contributed by atoms with Gasteiger partial charge in [-0.25, -0.2) is 17.5 Å². The summed E-state index contributed by atoms with van der Waals surface area (Å²) < 4.78 is 76.7. The van der Waals surface area contributed by atoms with E-state index in [4.69, 9.17) is 0 Å². The van der Waals surface area contributed by atoms with E-state index in [1.165, 1.54) is 0 Å². The molecule has 0 bridgehead atoms. The first kappa shape index (κ1) is 15.7. The van der Waals surface area contributed by atoms with Crippen LogP contribution in [0.5, 0.6) is 0 Å². The molecular weight excluding hydrogens is 314 g/mol. The molecule has 1 N–H and O–H groups in total. The second kappa shape index (κ2) is 4.97. The number of rotatable bonds is 3. The van der Waals surface area contributed by atoms with E-state index in [1.807, 2.05) is 0 Å². The Bertz CT molecular complexity index is 684. The maximum Gasteiger partial charge on any atom is 0.417 e. The van der Waals surface area contributed by atoms with E-state index in [2.05, 4.69) is 0 Å². The van der Waals surface area contributed by atoms with Crippen LogP contribution in [0.3, 0.4) is 0 Å². The van der Waals surface area contributed by atoms with Crippen molar-refractivity contribution in [2.24, 2.45) is 11.8 Å². The highest BCUT2D eigenvalue weighted by Crippen LogP contribution is 2.38. The maximum atomic E-state index is 12.9. The quantitative estimate of drug-likeness (QED) is 0.868. The first-order chi connectivity index (χ1) is 9.52. The van der Waals surface area contributed by atoms with E-state index in [0.29, 0.717) is 18.6 Å².